The van der Waals surface area contributed by atoms with Gasteiger partial charge in [-0.25, -0.2) is 0 Å². The minimum Gasteiger partial charge on any atom is -0.481 e. The highest BCUT2D eigenvalue weighted by molar-refractivity contribution is 6.21. The number of carboxylic acids is 1. The number of carboxylic acid groups (broad SMARTS) is 1. The van der Waals surface area contributed by atoms with Crippen molar-refractivity contribution in [1.82, 2.24) is 4.90 Å². The van der Waals surface area contributed by atoms with Crippen molar-refractivity contribution in [2.45, 2.75) is 38.6 Å². The quantitative estimate of drug-likeness (QED) is 0.846. The van der Waals surface area contributed by atoms with Crippen molar-refractivity contribution in [3.63, 3.8) is 0 Å². The van der Waals surface area contributed by atoms with Gasteiger partial charge in [-0.05, 0) is 44.7 Å². The largest absolute Gasteiger partial charge is 0.481 e. The highest BCUT2D eigenvalue weighted by Gasteiger charge is 2.41. The molecule has 21 heavy (non-hydrogen) atoms. The van der Waals surface area contributed by atoms with Crippen molar-refractivity contribution in [2.75, 3.05) is 0 Å². The normalized spacial score (nSPS) is 25.1. The van der Waals surface area contributed by atoms with Crippen LogP contribution in [0.2, 0.25) is 0 Å². The Kier molecular flexibility index (Phi) is 3.27. The molecule has 0 unspecified atom stereocenters. The molecule has 1 aliphatic carbocycles. The number of imide groups is 1. The third kappa shape index (κ3) is 2.22. The Morgan fingerprint density at radius 2 is 1.71 bits per heavy atom. The maximum atomic E-state index is 12.5. The minimum atomic E-state index is -0.786. The van der Waals surface area contributed by atoms with Gasteiger partial charge in [-0.1, -0.05) is 11.6 Å². The Labute approximate surface area is 122 Å². The lowest BCUT2D eigenvalue weighted by Crippen LogP contribution is -2.42. The predicted molar refractivity (Wildman–Crippen MR) is 75.1 cm³/mol. The first kappa shape index (κ1) is 13.8. The Hall–Kier alpha value is -2.17. The van der Waals surface area contributed by atoms with Gasteiger partial charge in [0.15, 0.2) is 0 Å². The van der Waals surface area contributed by atoms with E-state index in [2.05, 4.69) is 0 Å². The van der Waals surface area contributed by atoms with Crippen LogP contribution in [0.25, 0.3) is 0 Å². The monoisotopic (exact) mass is 287 g/mol. The maximum absolute atomic E-state index is 12.5. The van der Waals surface area contributed by atoms with E-state index in [0.717, 1.165) is 5.56 Å². The molecule has 1 aliphatic heterocycles. The number of hydrogen-bond acceptors (Lipinski definition) is 3. The number of aliphatic carboxylic acids is 1. The fraction of sp³-hybridized carbons (Fsp3) is 0.438. The lowest BCUT2D eigenvalue weighted by atomic mass is 9.85. The molecule has 0 atom stereocenters. The molecule has 5 nitrogen and oxygen atoms in total. The summed E-state index contributed by atoms with van der Waals surface area (Å²) in [5.41, 5.74) is 1.89. The fourth-order valence-corrected chi connectivity index (χ4v) is 3.29. The van der Waals surface area contributed by atoms with Crippen LogP contribution in [0.5, 0.6) is 0 Å². The van der Waals surface area contributed by atoms with Crippen LogP contribution in [0.15, 0.2) is 18.2 Å². The lowest BCUT2D eigenvalue weighted by Gasteiger charge is -2.31. The first-order chi connectivity index (χ1) is 9.99. The number of carbonyl (C=O) groups excluding carboxylic acids is 2. The fourth-order valence-electron chi connectivity index (χ4n) is 3.29. The van der Waals surface area contributed by atoms with E-state index >= 15 is 0 Å². The second-order valence-corrected chi connectivity index (χ2v) is 5.87. The van der Waals surface area contributed by atoms with E-state index in [-0.39, 0.29) is 23.8 Å². The number of aryl methyl sites for hydroxylation is 1. The van der Waals surface area contributed by atoms with Crippen LogP contribution in [0.1, 0.15) is 52.0 Å². The third-order valence-electron chi connectivity index (χ3n) is 4.48. The highest BCUT2D eigenvalue weighted by atomic mass is 16.4. The molecule has 1 saturated carbocycles. The molecule has 1 N–H and O–H groups in total. The summed E-state index contributed by atoms with van der Waals surface area (Å²) < 4.78 is 0. The van der Waals surface area contributed by atoms with Crippen molar-refractivity contribution in [2.24, 2.45) is 5.92 Å². The van der Waals surface area contributed by atoms with Crippen LogP contribution < -0.4 is 0 Å². The van der Waals surface area contributed by atoms with Crippen LogP contribution in [0, 0.1) is 12.8 Å². The van der Waals surface area contributed by atoms with Crippen molar-refractivity contribution < 1.29 is 19.5 Å². The predicted octanol–water partition coefficient (Wildman–Crippen LogP) is 2.23. The number of rotatable bonds is 2. The molecule has 0 aromatic heterocycles. The summed E-state index contributed by atoms with van der Waals surface area (Å²) in [6.45, 7) is 1.89. The summed E-state index contributed by atoms with van der Waals surface area (Å²) in [7, 11) is 0. The molecule has 1 aromatic carbocycles. The molecule has 0 radical (unpaired) electrons. The van der Waals surface area contributed by atoms with Crippen LogP contribution in [0.3, 0.4) is 0 Å². The van der Waals surface area contributed by atoms with Crippen molar-refractivity contribution in [3.05, 3.63) is 34.9 Å². The summed E-state index contributed by atoms with van der Waals surface area (Å²) in [4.78, 5) is 37.2. The molecular weight excluding hydrogens is 270 g/mol. The van der Waals surface area contributed by atoms with Crippen LogP contribution >= 0.6 is 0 Å². The van der Waals surface area contributed by atoms with Crippen molar-refractivity contribution in [3.8, 4) is 0 Å². The molecule has 1 heterocycles. The SMILES string of the molecule is Cc1ccc2c(c1)C(=O)N(C1CCC(C(=O)O)CC1)C2=O. The third-order valence-corrected chi connectivity index (χ3v) is 4.48. The molecule has 110 valence electrons. The van der Waals surface area contributed by atoms with Gasteiger partial charge in [0.05, 0.1) is 17.0 Å². The molecule has 1 aromatic rings. The van der Waals surface area contributed by atoms with E-state index in [1.165, 1.54) is 4.90 Å². The standard InChI is InChI=1S/C16H17NO4/c1-9-2-7-12-13(8-9)15(19)17(14(12)18)11-5-3-10(4-6-11)16(20)21/h2,7-8,10-11H,3-6H2,1H3,(H,20,21). The zero-order valence-electron chi connectivity index (χ0n) is 11.8. The average molecular weight is 287 g/mol. The Bertz CT molecular complexity index is 629. The Balaban J connectivity index is 1.81. The van der Waals surface area contributed by atoms with Crippen LogP contribution in [0.4, 0.5) is 0 Å². The second-order valence-electron chi connectivity index (χ2n) is 5.87. The summed E-state index contributed by atoms with van der Waals surface area (Å²) >= 11 is 0. The number of nitrogens with zero attached hydrogens (tertiary/aromatic N) is 1. The number of fused-ring (bicyclic) bond motifs is 1. The number of carbonyl (C=O) groups is 3. The van der Waals surface area contributed by atoms with Gasteiger partial charge >= 0.3 is 5.97 Å². The minimum absolute atomic E-state index is 0.173. The van der Waals surface area contributed by atoms with E-state index in [0.29, 0.717) is 36.8 Å². The van der Waals surface area contributed by atoms with E-state index < -0.39 is 5.97 Å². The first-order valence-electron chi connectivity index (χ1n) is 7.20. The maximum Gasteiger partial charge on any atom is 0.306 e. The highest BCUT2D eigenvalue weighted by Crippen LogP contribution is 2.33. The van der Waals surface area contributed by atoms with Crippen LogP contribution in [-0.2, 0) is 4.79 Å². The summed E-state index contributed by atoms with van der Waals surface area (Å²) in [6, 6.07) is 5.11. The van der Waals surface area contributed by atoms with Gasteiger partial charge in [-0.15, -0.1) is 0 Å². The first-order valence-corrected chi connectivity index (χ1v) is 7.20. The summed E-state index contributed by atoms with van der Waals surface area (Å²) in [6.07, 6.45) is 2.18. The van der Waals surface area contributed by atoms with Gasteiger partial charge in [0.25, 0.3) is 11.8 Å². The van der Waals surface area contributed by atoms with E-state index in [9.17, 15) is 14.4 Å². The van der Waals surface area contributed by atoms with E-state index in [4.69, 9.17) is 5.11 Å². The summed E-state index contributed by atoms with van der Waals surface area (Å²) in [5.74, 6) is -1.61. The molecule has 0 saturated heterocycles. The summed E-state index contributed by atoms with van der Waals surface area (Å²) in [5, 5.41) is 9.02. The number of amides is 2. The van der Waals surface area contributed by atoms with Gasteiger partial charge in [-0.3, -0.25) is 19.3 Å². The number of hydrogen-bond donors (Lipinski definition) is 1. The molecule has 2 aliphatic rings. The molecule has 0 bridgehead atoms. The number of benzene rings is 1. The van der Waals surface area contributed by atoms with E-state index in [1.807, 2.05) is 13.0 Å². The van der Waals surface area contributed by atoms with Crippen molar-refractivity contribution >= 4 is 17.8 Å². The van der Waals surface area contributed by atoms with E-state index in [1.54, 1.807) is 12.1 Å². The Morgan fingerprint density at radius 3 is 2.33 bits per heavy atom. The van der Waals surface area contributed by atoms with Gasteiger partial charge in [-0.2, -0.15) is 0 Å². The van der Waals surface area contributed by atoms with Crippen LogP contribution in [-0.4, -0.2) is 33.8 Å². The molecule has 2 amide bonds. The van der Waals surface area contributed by atoms with Gasteiger partial charge < -0.3 is 5.11 Å². The topological polar surface area (TPSA) is 74.7 Å². The zero-order valence-corrected chi connectivity index (χ0v) is 11.8. The molecular formula is C16H17NO4. The van der Waals surface area contributed by atoms with Gasteiger partial charge in [0, 0.05) is 6.04 Å². The zero-order chi connectivity index (χ0) is 15.1. The molecule has 1 fully saturated rings. The molecule has 0 spiro atoms. The smallest absolute Gasteiger partial charge is 0.306 e. The van der Waals surface area contributed by atoms with Gasteiger partial charge in [0.2, 0.25) is 0 Å². The molecule has 5 heteroatoms. The second kappa shape index (κ2) is 4.98. The van der Waals surface area contributed by atoms with Crippen molar-refractivity contribution in [1.29, 1.82) is 0 Å². The van der Waals surface area contributed by atoms with Gasteiger partial charge in [0.1, 0.15) is 0 Å². The lowest BCUT2D eigenvalue weighted by molar-refractivity contribution is -0.143. The average Bonchev–Trinajstić information content (AvgIpc) is 2.70. The molecule has 3 rings (SSSR count). The Morgan fingerprint density at radius 1 is 1.10 bits per heavy atom.